The largest absolute Gasteiger partial charge is 0.342 e. The van der Waals surface area contributed by atoms with Gasteiger partial charge in [0.2, 0.25) is 0 Å². The maximum Gasteiger partial charge on any atom is 0.342 e. The zero-order valence-corrected chi connectivity index (χ0v) is 40.4. The van der Waals surface area contributed by atoms with Gasteiger partial charge in [-0.15, -0.1) is 0 Å². The summed E-state index contributed by atoms with van der Waals surface area (Å²) in [7, 11) is -8.02. The van der Waals surface area contributed by atoms with E-state index < -0.39 is 31.9 Å². The van der Waals surface area contributed by atoms with Gasteiger partial charge in [0.1, 0.15) is 11.3 Å². The fourth-order valence-corrected chi connectivity index (χ4v) is 16.3. The summed E-state index contributed by atoms with van der Waals surface area (Å²) in [4.78, 5) is 0. The van der Waals surface area contributed by atoms with E-state index in [-0.39, 0.29) is 26.4 Å². The quantitative estimate of drug-likeness (QED) is 0.122. The van der Waals surface area contributed by atoms with Crippen LogP contribution in [0.2, 0.25) is 0 Å². The molecule has 6 nitrogen and oxygen atoms in total. The average molecular weight is 961 g/mol. The average Bonchev–Trinajstić information content (AvgIpc) is 3.41. The molecule has 344 valence electrons. The van der Waals surface area contributed by atoms with Crippen LogP contribution in [0.4, 0.5) is 0 Å². The van der Waals surface area contributed by atoms with E-state index in [1.807, 2.05) is 72.8 Å². The zero-order chi connectivity index (χ0) is 47.3. The molecule has 14 rings (SSSR count). The maximum atomic E-state index is 16.0. The molecule has 0 aromatic heterocycles. The third-order valence-corrected chi connectivity index (χ3v) is 19.5. The van der Waals surface area contributed by atoms with Crippen molar-refractivity contribution in [2.24, 2.45) is 5.41 Å². The van der Waals surface area contributed by atoms with Crippen LogP contribution in [-0.4, -0.2) is 26.4 Å². The van der Waals surface area contributed by atoms with E-state index in [1.54, 1.807) is 0 Å². The first kappa shape index (κ1) is 42.9. The molecule has 0 radical (unpaired) electrons. The van der Waals surface area contributed by atoms with Crippen LogP contribution in [0.3, 0.4) is 0 Å². The van der Waals surface area contributed by atoms with Crippen LogP contribution >= 0.6 is 15.2 Å². The molecule has 1 spiro atoms. The number of hydrogen-bond donors (Lipinski definition) is 0. The van der Waals surface area contributed by atoms with Gasteiger partial charge in [-0.2, -0.15) is 0 Å². The summed E-state index contributed by atoms with van der Waals surface area (Å²) in [6.07, 6.45) is 0. The van der Waals surface area contributed by atoms with Crippen LogP contribution in [0.25, 0.3) is 86.2 Å². The fourth-order valence-electron chi connectivity index (χ4n) is 11.5. The predicted molar refractivity (Wildman–Crippen MR) is 291 cm³/mol. The van der Waals surface area contributed by atoms with E-state index in [9.17, 15) is 0 Å². The van der Waals surface area contributed by atoms with E-state index in [1.165, 1.54) is 0 Å². The summed E-state index contributed by atoms with van der Waals surface area (Å²) in [6, 6.07) is 75.6. The van der Waals surface area contributed by atoms with E-state index in [0.717, 1.165) is 108 Å². The Morgan fingerprint density at radius 1 is 0.282 bits per heavy atom. The Morgan fingerprint density at radius 3 is 0.732 bits per heavy atom. The molecule has 0 atom stereocenters. The lowest BCUT2D eigenvalue weighted by Gasteiger charge is -2.45. The SMILES string of the molecule is O=P1(C(c2cccc3cc4ccccc4cc23)c2cccc3cc4ccccc4cc23)OCC2(CO1)COP(=O)(C(c1cccc3cc4ccccc4cc13)c1cccc3cc4ccccc4cc13)OC2. The minimum Gasteiger partial charge on any atom is -0.307 e. The Morgan fingerprint density at radius 2 is 0.493 bits per heavy atom. The molecule has 0 aliphatic carbocycles. The molecule has 0 amide bonds. The minimum absolute atomic E-state index is 0.0212. The fraction of sp³-hybridized carbons (Fsp3) is 0.111. The Kier molecular flexibility index (Phi) is 9.99. The normalized spacial score (nSPS) is 20.8. The molecule has 0 unspecified atom stereocenters. The maximum absolute atomic E-state index is 16.0. The summed E-state index contributed by atoms with van der Waals surface area (Å²) in [5.41, 5.74) is 1.01. The summed E-state index contributed by atoms with van der Waals surface area (Å²) < 4.78 is 59.2. The van der Waals surface area contributed by atoms with E-state index in [2.05, 4.69) is 146 Å². The highest BCUT2D eigenvalue weighted by Gasteiger charge is 2.54. The van der Waals surface area contributed by atoms with Gasteiger partial charge in [0.25, 0.3) is 0 Å². The molecule has 2 heterocycles. The molecule has 0 N–H and O–H groups in total. The van der Waals surface area contributed by atoms with E-state index in [4.69, 9.17) is 18.1 Å². The highest BCUT2D eigenvalue weighted by atomic mass is 31.2. The monoisotopic (exact) mass is 960 g/mol. The summed E-state index contributed by atoms with van der Waals surface area (Å²) in [6.45, 7) is 0.0847. The molecular weight excluding hydrogens is 915 g/mol. The van der Waals surface area contributed by atoms with Gasteiger partial charge in [-0.1, -0.05) is 170 Å². The highest BCUT2D eigenvalue weighted by molar-refractivity contribution is 7.55. The summed E-state index contributed by atoms with van der Waals surface area (Å²) in [5.74, 6) is 0. The minimum atomic E-state index is -4.01. The van der Waals surface area contributed by atoms with Crippen molar-refractivity contribution in [2.75, 3.05) is 26.4 Å². The lowest BCUT2D eigenvalue weighted by Crippen LogP contribution is -2.46. The second-order valence-electron chi connectivity index (χ2n) is 19.5. The first-order chi connectivity index (χ1) is 34.8. The Labute approximate surface area is 410 Å². The molecule has 0 bridgehead atoms. The topological polar surface area (TPSA) is 71.1 Å². The molecular formula is C63H46O6P2. The van der Waals surface area contributed by atoms with Crippen molar-refractivity contribution < 1.29 is 27.2 Å². The van der Waals surface area contributed by atoms with Crippen LogP contribution in [-0.2, 0) is 27.2 Å². The van der Waals surface area contributed by atoms with Crippen LogP contribution in [0.15, 0.2) is 218 Å². The van der Waals surface area contributed by atoms with Crippen molar-refractivity contribution in [3.8, 4) is 0 Å². The lowest BCUT2D eigenvalue weighted by atomic mass is 9.92. The van der Waals surface area contributed by atoms with Gasteiger partial charge in [-0.3, -0.25) is 9.13 Å². The molecule has 8 heteroatoms. The number of hydrogen-bond acceptors (Lipinski definition) is 6. The molecule has 71 heavy (non-hydrogen) atoms. The lowest BCUT2D eigenvalue weighted by molar-refractivity contribution is -0.0702. The van der Waals surface area contributed by atoms with Crippen LogP contribution in [0.1, 0.15) is 33.6 Å². The van der Waals surface area contributed by atoms with Gasteiger partial charge in [0.15, 0.2) is 0 Å². The van der Waals surface area contributed by atoms with Gasteiger partial charge in [0.05, 0.1) is 31.8 Å². The summed E-state index contributed by atoms with van der Waals surface area (Å²) in [5, 5.41) is 16.9. The molecule has 2 aliphatic rings. The molecule has 0 saturated carbocycles. The van der Waals surface area contributed by atoms with Crippen molar-refractivity contribution in [1.29, 1.82) is 0 Å². The second kappa shape index (κ2) is 16.6. The third-order valence-electron chi connectivity index (χ3n) is 15.1. The van der Waals surface area contributed by atoms with Gasteiger partial charge in [-0.05, 0) is 157 Å². The molecule has 12 aromatic carbocycles. The van der Waals surface area contributed by atoms with Gasteiger partial charge >= 0.3 is 15.2 Å². The Balaban J connectivity index is 0.856. The first-order valence-electron chi connectivity index (χ1n) is 24.2. The standard InChI is InChI=1S/C63H46O6P2/c64-70(61(53-25-9-21-49-29-41-13-1-5-17-45(41)33-57(49)53)54-26-10-22-50-30-42-14-2-6-18-46(42)34-58(50)54)66-37-63(38-67-70)39-68-71(65,69-40-63)62(55-27-11-23-51-31-43-15-3-7-19-47(43)35-59(51)55)56-28-12-24-52-32-44-16-4-8-20-48(44)36-60(52)56/h1-36,61-62H,37-40H2. The van der Waals surface area contributed by atoms with Crippen molar-refractivity contribution >= 4 is 101 Å². The van der Waals surface area contributed by atoms with Gasteiger partial charge < -0.3 is 18.1 Å². The zero-order valence-electron chi connectivity index (χ0n) is 38.6. The summed E-state index contributed by atoms with van der Waals surface area (Å²) >= 11 is 0. The predicted octanol–water partition coefficient (Wildman–Crippen LogP) is 17.3. The van der Waals surface area contributed by atoms with E-state index >= 15 is 9.13 Å². The second-order valence-corrected chi connectivity index (χ2v) is 23.8. The highest BCUT2D eigenvalue weighted by Crippen LogP contribution is 2.71. The van der Waals surface area contributed by atoms with Crippen molar-refractivity contribution in [1.82, 2.24) is 0 Å². The van der Waals surface area contributed by atoms with Crippen molar-refractivity contribution in [3.05, 3.63) is 241 Å². The Bertz CT molecular complexity index is 3720. The molecule has 2 aliphatic heterocycles. The Hall–Kier alpha value is -6.98. The molecule has 2 saturated heterocycles. The van der Waals surface area contributed by atoms with Crippen LogP contribution in [0.5, 0.6) is 0 Å². The number of fused-ring (bicyclic) bond motifs is 8. The van der Waals surface area contributed by atoms with Crippen molar-refractivity contribution in [3.63, 3.8) is 0 Å². The first-order valence-corrected chi connectivity index (χ1v) is 27.5. The van der Waals surface area contributed by atoms with Gasteiger partial charge in [0, 0.05) is 0 Å². The number of rotatable bonds is 6. The van der Waals surface area contributed by atoms with E-state index in [0.29, 0.717) is 0 Å². The molecule has 12 aromatic rings. The third kappa shape index (κ3) is 7.16. The van der Waals surface area contributed by atoms with Crippen LogP contribution in [0, 0.1) is 5.41 Å². The number of benzene rings is 12. The smallest absolute Gasteiger partial charge is 0.307 e. The van der Waals surface area contributed by atoms with Crippen molar-refractivity contribution in [2.45, 2.75) is 11.3 Å². The van der Waals surface area contributed by atoms with Crippen LogP contribution < -0.4 is 0 Å². The van der Waals surface area contributed by atoms with Gasteiger partial charge in [-0.25, -0.2) is 0 Å². The molecule has 2 fully saturated rings.